The summed E-state index contributed by atoms with van der Waals surface area (Å²) in [6, 6.07) is 10.7. The summed E-state index contributed by atoms with van der Waals surface area (Å²) in [5.41, 5.74) is 1.26. The Morgan fingerprint density at radius 2 is 2.00 bits per heavy atom. The number of benzene rings is 1. The number of nitrogens with one attached hydrogen (secondary N) is 1. The first-order chi connectivity index (χ1) is 9.28. The van der Waals surface area contributed by atoms with Crippen molar-refractivity contribution in [2.45, 2.75) is 25.0 Å². The molecule has 0 radical (unpaired) electrons. The van der Waals surface area contributed by atoms with Gasteiger partial charge >= 0.3 is 0 Å². The summed E-state index contributed by atoms with van der Waals surface area (Å²) < 4.78 is 6.94. The van der Waals surface area contributed by atoms with Crippen LogP contribution in [0.3, 0.4) is 0 Å². The maximum absolute atomic E-state index is 5.78. The zero-order valence-corrected chi connectivity index (χ0v) is 13.1. The predicted octanol–water partition coefficient (Wildman–Crippen LogP) is 4.36. The van der Waals surface area contributed by atoms with Crippen LogP contribution in [-0.4, -0.2) is 13.2 Å². The molecule has 0 bridgehead atoms. The zero-order valence-electron chi connectivity index (χ0n) is 10.7. The molecule has 0 saturated heterocycles. The summed E-state index contributed by atoms with van der Waals surface area (Å²) in [4.78, 5) is 1.30. The Morgan fingerprint density at radius 1 is 1.26 bits per heavy atom. The number of hydrogen-bond acceptors (Lipinski definition) is 3. The second kappa shape index (κ2) is 5.65. The highest BCUT2D eigenvalue weighted by molar-refractivity contribution is 9.10. The van der Waals surface area contributed by atoms with E-state index in [-0.39, 0.29) is 6.04 Å². The second-order valence-corrected chi connectivity index (χ2v) is 6.54. The molecule has 100 valence electrons. The average Bonchev–Trinajstić information content (AvgIpc) is 3.14. The minimum Gasteiger partial charge on any atom is -0.490 e. The maximum atomic E-state index is 5.78. The van der Waals surface area contributed by atoms with Crippen molar-refractivity contribution in [3.63, 3.8) is 0 Å². The number of ether oxygens (including phenoxy) is 1. The van der Waals surface area contributed by atoms with Crippen molar-refractivity contribution >= 4 is 27.3 Å². The standard InChI is InChI=1S/C15H16BrNOS/c1-17-14(15-13(16)8-9-19-15)10-2-4-11(5-3-10)18-12-6-7-12/h2-5,8-9,12,14,17H,6-7H2,1H3. The molecule has 1 aliphatic carbocycles. The van der Waals surface area contributed by atoms with Gasteiger partial charge in [0.05, 0.1) is 12.1 Å². The van der Waals surface area contributed by atoms with E-state index in [0.717, 1.165) is 10.2 Å². The quantitative estimate of drug-likeness (QED) is 0.875. The lowest BCUT2D eigenvalue weighted by Crippen LogP contribution is -2.16. The zero-order chi connectivity index (χ0) is 13.2. The lowest BCUT2D eigenvalue weighted by atomic mass is 10.1. The van der Waals surface area contributed by atoms with Crippen LogP contribution in [0.15, 0.2) is 40.2 Å². The smallest absolute Gasteiger partial charge is 0.119 e. The molecule has 0 amide bonds. The van der Waals surface area contributed by atoms with E-state index in [0.29, 0.717) is 6.10 Å². The third-order valence-corrected chi connectivity index (χ3v) is 5.17. The third-order valence-electron chi connectivity index (χ3n) is 3.24. The SMILES string of the molecule is CNC(c1ccc(OC2CC2)cc1)c1sccc1Br. The van der Waals surface area contributed by atoms with E-state index in [4.69, 9.17) is 4.74 Å². The lowest BCUT2D eigenvalue weighted by Gasteiger charge is -2.16. The minimum absolute atomic E-state index is 0.226. The Bertz CT molecular complexity index is 548. The lowest BCUT2D eigenvalue weighted by molar-refractivity contribution is 0.303. The van der Waals surface area contributed by atoms with Gasteiger partial charge in [-0.2, -0.15) is 0 Å². The van der Waals surface area contributed by atoms with Gasteiger partial charge in [-0.25, -0.2) is 0 Å². The number of hydrogen-bond donors (Lipinski definition) is 1. The molecule has 1 aromatic heterocycles. The Hall–Kier alpha value is -0.840. The highest BCUT2D eigenvalue weighted by Gasteiger charge is 2.23. The maximum Gasteiger partial charge on any atom is 0.119 e. The van der Waals surface area contributed by atoms with Crippen LogP contribution < -0.4 is 10.1 Å². The molecule has 1 atom stereocenters. The molecular weight excluding hydrogens is 322 g/mol. The molecule has 2 nitrogen and oxygen atoms in total. The largest absolute Gasteiger partial charge is 0.490 e. The van der Waals surface area contributed by atoms with Gasteiger partial charge in [0, 0.05) is 9.35 Å². The molecule has 1 saturated carbocycles. The highest BCUT2D eigenvalue weighted by atomic mass is 79.9. The van der Waals surface area contributed by atoms with Crippen molar-refractivity contribution in [3.05, 3.63) is 50.6 Å². The first kappa shape index (κ1) is 13.2. The van der Waals surface area contributed by atoms with Crippen molar-refractivity contribution in [2.75, 3.05) is 7.05 Å². The summed E-state index contributed by atoms with van der Waals surface area (Å²) >= 11 is 5.37. The molecule has 1 N–H and O–H groups in total. The average molecular weight is 338 g/mol. The van der Waals surface area contributed by atoms with E-state index < -0.39 is 0 Å². The normalized spacial score (nSPS) is 16.3. The fraction of sp³-hybridized carbons (Fsp3) is 0.333. The van der Waals surface area contributed by atoms with Crippen LogP contribution in [0.25, 0.3) is 0 Å². The van der Waals surface area contributed by atoms with E-state index in [2.05, 4.69) is 57.0 Å². The molecule has 1 aliphatic rings. The molecule has 0 spiro atoms. The Kier molecular flexibility index (Phi) is 3.91. The van der Waals surface area contributed by atoms with Gasteiger partial charge in [0.25, 0.3) is 0 Å². The Morgan fingerprint density at radius 3 is 2.53 bits per heavy atom. The van der Waals surface area contributed by atoms with Gasteiger partial charge in [-0.1, -0.05) is 12.1 Å². The van der Waals surface area contributed by atoms with Crippen LogP contribution in [0.4, 0.5) is 0 Å². The third kappa shape index (κ3) is 3.02. The molecule has 1 aromatic carbocycles. The van der Waals surface area contributed by atoms with E-state index in [1.54, 1.807) is 11.3 Å². The molecule has 1 fully saturated rings. The molecule has 4 heteroatoms. The van der Waals surface area contributed by atoms with E-state index in [9.17, 15) is 0 Å². The summed E-state index contributed by atoms with van der Waals surface area (Å²) in [6.07, 6.45) is 2.85. The van der Waals surface area contributed by atoms with Gasteiger partial charge in [0.1, 0.15) is 5.75 Å². The Labute approximate surface area is 125 Å². The van der Waals surface area contributed by atoms with Crippen LogP contribution in [-0.2, 0) is 0 Å². The van der Waals surface area contributed by atoms with Crippen molar-refractivity contribution in [2.24, 2.45) is 0 Å². The first-order valence-electron chi connectivity index (χ1n) is 6.44. The monoisotopic (exact) mass is 337 g/mol. The van der Waals surface area contributed by atoms with Gasteiger partial charge in [-0.15, -0.1) is 11.3 Å². The van der Waals surface area contributed by atoms with Crippen molar-refractivity contribution in [1.29, 1.82) is 0 Å². The van der Waals surface area contributed by atoms with E-state index in [1.165, 1.54) is 23.3 Å². The van der Waals surface area contributed by atoms with E-state index in [1.807, 2.05) is 7.05 Å². The number of halogens is 1. The molecule has 3 rings (SSSR count). The summed E-state index contributed by atoms with van der Waals surface area (Å²) in [5.74, 6) is 0.978. The van der Waals surface area contributed by atoms with Gasteiger partial charge in [-0.05, 0) is 65.0 Å². The topological polar surface area (TPSA) is 21.3 Å². The first-order valence-corrected chi connectivity index (χ1v) is 8.12. The van der Waals surface area contributed by atoms with E-state index >= 15 is 0 Å². The van der Waals surface area contributed by atoms with Crippen LogP contribution in [0.5, 0.6) is 5.75 Å². The number of thiophene rings is 1. The second-order valence-electron chi connectivity index (χ2n) is 4.74. The van der Waals surface area contributed by atoms with Crippen molar-refractivity contribution in [3.8, 4) is 5.75 Å². The van der Waals surface area contributed by atoms with Crippen LogP contribution in [0.1, 0.15) is 29.3 Å². The van der Waals surface area contributed by atoms with Crippen LogP contribution in [0.2, 0.25) is 0 Å². The van der Waals surface area contributed by atoms with Gasteiger partial charge in [0.2, 0.25) is 0 Å². The summed E-state index contributed by atoms with van der Waals surface area (Å²) in [6.45, 7) is 0. The highest BCUT2D eigenvalue weighted by Crippen LogP contribution is 2.34. The number of rotatable bonds is 5. The fourth-order valence-corrected chi connectivity index (χ4v) is 3.82. The van der Waals surface area contributed by atoms with Crippen molar-refractivity contribution < 1.29 is 4.74 Å². The van der Waals surface area contributed by atoms with Gasteiger partial charge in [-0.3, -0.25) is 0 Å². The van der Waals surface area contributed by atoms with Crippen LogP contribution in [0, 0.1) is 0 Å². The Balaban J connectivity index is 1.81. The molecule has 19 heavy (non-hydrogen) atoms. The van der Waals surface area contributed by atoms with Crippen molar-refractivity contribution in [1.82, 2.24) is 5.32 Å². The predicted molar refractivity (Wildman–Crippen MR) is 83.0 cm³/mol. The van der Waals surface area contributed by atoms with Gasteiger partial charge < -0.3 is 10.1 Å². The summed E-state index contributed by atoms with van der Waals surface area (Å²) in [5, 5.41) is 5.48. The molecule has 1 unspecified atom stereocenters. The molecule has 1 heterocycles. The minimum atomic E-state index is 0.226. The summed E-state index contributed by atoms with van der Waals surface area (Å²) in [7, 11) is 1.99. The van der Waals surface area contributed by atoms with Gasteiger partial charge in [0.15, 0.2) is 0 Å². The van der Waals surface area contributed by atoms with Crippen LogP contribution >= 0.6 is 27.3 Å². The molecular formula is C15H16BrNOS. The fourth-order valence-electron chi connectivity index (χ4n) is 2.08. The molecule has 0 aliphatic heterocycles. The molecule has 2 aromatic rings.